The molecule has 0 aromatic carbocycles. The third-order valence-electron chi connectivity index (χ3n) is 3.82. The number of H-pyrrole nitrogens is 1. The monoisotopic (exact) mass is 284 g/mol. The number of methoxy groups -OCH3 is 2. The van der Waals surface area contributed by atoms with Crippen molar-refractivity contribution in [3.8, 4) is 0 Å². The lowest BCUT2D eigenvalue weighted by Gasteiger charge is -2.27. The van der Waals surface area contributed by atoms with Crippen LogP contribution in [-0.2, 0) is 14.2 Å². The Morgan fingerprint density at radius 2 is 2.20 bits per heavy atom. The quantitative estimate of drug-likeness (QED) is 0.853. The van der Waals surface area contributed by atoms with E-state index in [1.165, 1.54) is 10.8 Å². The van der Waals surface area contributed by atoms with Crippen molar-refractivity contribution < 1.29 is 14.2 Å². The van der Waals surface area contributed by atoms with E-state index in [0.717, 1.165) is 0 Å². The van der Waals surface area contributed by atoms with E-state index in [-0.39, 0.29) is 11.7 Å². The smallest absolute Gasteiger partial charge is 0.330 e. The highest BCUT2D eigenvalue weighted by molar-refractivity contribution is 5.03. The zero-order chi connectivity index (χ0) is 14.9. The van der Waals surface area contributed by atoms with Crippen molar-refractivity contribution in [3.63, 3.8) is 0 Å². The van der Waals surface area contributed by atoms with Gasteiger partial charge in [-0.3, -0.25) is 14.3 Å². The Bertz CT molecular complexity index is 593. The van der Waals surface area contributed by atoms with Crippen LogP contribution in [0.3, 0.4) is 0 Å². The van der Waals surface area contributed by atoms with Gasteiger partial charge in [0.25, 0.3) is 5.56 Å². The van der Waals surface area contributed by atoms with Crippen molar-refractivity contribution in [3.05, 3.63) is 32.6 Å². The van der Waals surface area contributed by atoms with Gasteiger partial charge in [0.15, 0.2) is 0 Å². The van der Waals surface area contributed by atoms with Crippen LogP contribution in [0.15, 0.2) is 15.8 Å². The number of aryl methyl sites for hydroxylation is 1. The average molecular weight is 284 g/mol. The second-order valence-corrected chi connectivity index (χ2v) is 5.23. The number of aromatic amines is 1. The van der Waals surface area contributed by atoms with E-state index in [1.54, 1.807) is 21.1 Å². The first-order valence-corrected chi connectivity index (χ1v) is 6.43. The molecule has 112 valence electrons. The second-order valence-electron chi connectivity index (χ2n) is 5.23. The van der Waals surface area contributed by atoms with Gasteiger partial charge in [-0.15, -0.1) is 0 Å². The number of nitrogens with one attached hydrogen (secondary N) is 1. The molecule has 1 aromatic heterocycles. The van der Waals surface area contributed by atoms with Gasteiger partial charge in [0.1, 0.15) is 12.3 Å². The summed E-state index contributed by atoms with van der Waals surface area (Å²) in [4.78, 5) is 25.6. The summed E-state index contributed by atoms with van der Waals surface area (Å²) in [7, 11) is 3.19. The molecule has 0 aliphatic carbocycles. The van der Waals surface area contributed by atoms with Crippen LogP contribution in [0.5, 0.6) is 0 Å². The van der Waals surface area contributed by atoms with Crippen LogP contribution in [0.1, 0.15) is 25.1 Å². The van der Waals surface area contributed by atoms with E-state index in [0.29, 0.717) is 18.6 Å². The molecule has 3 atom stereocenters. The summed E-state index contributed by atoms with van der Waals surface area (Å²) < 4.78 is 17.9. The molecule has 1 aromatic rings. The molecule has 1 saturated heterocycles. The van der Waals surface area contributed by atoms with Crippen molar-refractivity contribution in [2.24, 2.45) is 0 Å². The lowest BCUT2D eigenvalue weighted by Crippen LogP contribution is -2.39. The van der Waals surface area contributed by atoms with Gasteiger partial charge < -0.3 is 14.2 Å². The van der Waals surface area contributed by atoms with Crippen LogP contribution in [0, 0.1) is 6.92 Å². The average Bonchev–Trinajstić information content (AvgIpc) is 2.73. The van der Waals surface area contributed by atoms with E-state index >= 15 is 0 Å². The fourth-order valence-corrected chi connectivity index (χ4v) is 2.41. The summed E-state index contributed by atoms with van der Waals surface area (Å²) in [6.07, 6.45) is 1.25. The molecule has 1 aliphatic rings. The predicted octanol–water partition coefficient (Wildman–Crippen LogP) is 0.184. The molecular formula is C13H20N2O5. The molecule has 2 rings (SSSR count). The fraction of sp³-hybridized carbons (Fsp3) is 0.692. The van der Waals surface area contributed by atoms with Crippen molar-refractivity contribution in [2.75, 3.05) is 20.8 Å². The van der Waals surface area contributed by atoms with Gasteiger partial charge in [-0.2, -0.15) is 0 Å². The normalized spacial score (nSPS) is 29.8. The van der Waals surface area contributed by atoms with Crippen molar-refractivity contribution in [2.45, 2.75) is 38.2 Å². The Kier molecular flexibility index (Phi) is 4.12. The van der Waals surface area contributed by atoms with E-state index in [9.17, 15) is 9.59 Å². The molecular weight excluding hydrogens is 264 g/mol. The number of nitrogens with zero attached hydrogens (tertiary/aromatic N) is 1. The molecule has 0 unspecified atom stereocenters. The van der Waals surface area contributed by atoms with Gasteiger partial charge in [-0.25, -0.2) is 4.79 Å². The van der Waals surface area contributed by atoms with Crippen LogP contribution in [0.4, 0.5) is 0 Å². The van der Waals surface area contributed by atoms with Crippen LogP contribution in [-0.4, -0.2) is 42.1 Å². The lowest BCUT2D eigenvalue weighted by atomic mass is 9.97. The molecule has 1 fully saturated rings. The molecule has 0 radical (unpaired) electrons. The molecule has 7 heteroatoms. The van der Waals surface area contributed by atoms with Gasteiger partial charge >= 0.3 is 5.69 Å². The zero-order valence-corrected chi connectivity index (χ0v) is 12.1. The summed E-state index contributed by atoms with van der Waals surface area (Å²) in [5.41, 5.74) is -0.943. The number of hydrogen-bond donors (Lipinski definition) is 1. The summed E-state index contributed by atoms with van der Waals surface area (Å²) >= 11 is 0. The van der Waals surface area contributed by atoms with Gasteiger partial charge in [0.05, 0.1) is 12.2 Å². The summed E-state index contributed by atoms with van der Waals surface area (Å²) in [5, 5.41) is 0. The van der Waals surface area contributed by atoms with E-state index in [1.807, 2.05) is 6.92 Å². The van der Waals surface area contributed by atoms with Crippen LogP contribution in [0.25, 0.3) is 0 Å². The third kappa shape index (κ3) is 2.56. The minimum absolute atomic E-state index is 0.276. The molecule has 7 nitrogen and oxygen atoms in total. The number of aromatic nitrogens is 2. The molecule has 0 amide bonds. The SMILES string of the molecule is COC[C@H]1O[C@@H](n2cc(C)c(=O)[nH]c2=O)C[C@]1(C)OC. The maximum atomic E-state index is 11.9. The molecule has 0 saturated carbocycles. The Balaban J connectivity index is 2.34. The minimum atomic E-state index is -0.538. The van der Waals surface area contributed by atoms with Gasteiger partial charge in [-0.1, -0.05) is 0 Å². The summed E-state index contributed by atoms with van der Waals surface area (Å²) in [6.45, 7) is 3.93. The summed E-state index contributed by atoms with van der Waals surface area (Å²) in [5.74, 6) is 0. The highest BCUT2D eigenvalue weighted by Gasteiger charge is 2.46. The molecule has 0 bridgehead atoms. The maximum absolute atomic E-state index is 11.9. The van der Waals surface area contributed by atoms with Crippen molar-refractivity contribution in [1.82, 2.24) is 9.55 Å². The van der Waals surface area contributed by atoms with Crippen LogP contribution >= 0.6 is 0 Å². The Morgan fingerprint density at radius 3 is 2.80 bits per heavy atom. The second kappa shape index (κ2) is 5.51. The van der Waals surface area contributed by atoms with Gasteiger partial charge in [0, 0.05) is 32.4 Å². The standard InChI is InChI=1S/C13H20N2O5/c1-8-6-15(12(17)14-11(8)16)10-5-13(2,19-4)9(20-10)7-18-3/h6,9-10H,5,7H2,1-4H3,(H,14,16,17)/t9-,10-,13+/m1/s1. The van der Waals surface area contributed by atoms with Crippen LogP contribution in [0.2, 0.25) is 0 Å². The number of ether oxygens (including phenoxy) is 3. The predicted molar refractivity (Wildman–Crippen MR) is 71.9 cm³/mol. The van der Waals surface area contributed by atoms with E-state index in [4.69, 9.17) is 14.2 Å². The molecule has 1 aliphatic heterocycles. The number of hydrogen-bond acceptors (Lipinski definition) is 5. The molecule has 0 spiro atoms. The highest BCUT2D eigenvalue weighted by atomic mass is 16.6. The molecule has 1 N–H and O–H groups in total. The Hall–Kier alpha value is -1.44. The summed E-state index contributed by atoms with van der Waals surface area (Å²) in [6, 6.07) is 0. The molecule has 20 heavy (non-hydrogen) atoms. The Labute approximate surface area is 116 Å². The van der Waals surface area contributed by atoms with Gasteiger partial charge in [-0.05, 0) is 13.8 Å². The van der Waals surface area contributed by atoms with Crippen molar-refractivity contribution >= 4 is 0 Å². The molecule has 2 heterocycles. The third-order valence-corrected chi connectivity index (χ3v) is 3.82. The topological polar surface area (TPSA) is 82.5 Å². The van der Waals surface area contributed by atoms with E-state index in [2.05, 4.69) is 4.98 Å². The van der Waals surface area contributed by atoms with Gasteiger partial charge in [0.2, 0.25) is 0 Å². The first-order valence-electron chi connectivity index (χ1n) is 6.43. The fourth-order valence-electron chi connectivity index (χ4n) is 2.41. The first-order chi connectivity index (χ1) is 9.41. The van der Waals surface area contributed by atoms with E-state index < -0.39 is 17.5 Å². The largest absolute Gasteiger partial charge is 0.382 e. The first kappa shape index (κ1) is 15.0. The highest BCUT2D eigenvalue weighted by Crippen LogP contribution is 2.38. The Morgan fingerprint density at radius 1 is 1.50 bits per heavy atom. The number of rotatable bonds is 4. The minimum Gasteiger partial charge on any atom is -0.382 e. The lowest BCUT2D eigenvalue weighted by molar-refractivity contribution is -0.0973. The van der Waals surface area contributed by atoms with Crippen molar-refractivity contribution in [1.29, 1.82) is 0 Å². The van der Waals surface area contributed by atoms with Crippen LogP contribution < -0.4 is 11.2 Å². The zero-order valence-electron chi connectivity index (χ0n) is 12.1. The maximum Gasteiger partial charge on any atom is 0.330 e.